The van der Waals surface area contributed by atoms with Crippen LogP contribution < -0.4 is 5.32 Å². The number of aryl methyl sites for hydroxylation is 1. The van der Waals surface area contributed by atoms with Gasteiger partial charge in [-0.05, 0) is 65.9 Å². The summed E-state index contributed by atoms with van der Waals surface area (Å²) >= 11 is 1.72. The van der Waals surface area contributed by atoms with Crippen molar-refractivity contribution in [3.05, 3.63) is 57.5 Å². The van der Waals surface area contributed by atoms with Crippen LogP contribution in [0.3, 0.4) is 0 Å². The summed E-state index contributed by atoms with van der Waals surface area (Å²) in [4.78, 5) is 0. The fraction of sp³-hybridized carbons (Fsp3) is 0.333. The summed E-state index contributed by atoms with van der Waals surface area (Å²) in [6.07, 6.45) is 1.01. The Morgan fingerprint density at radius 1 is 1.33 bits per heavy atom. The molecule has 96 valence electrons. The van der Waals surface area contributed by atoms with E-state index in [0.717, 1.165) is 24.1 Å². The van der Waals surface area contributed by atoms with Crippen molar-refractivity contribution in [2.75, 3.05) is 0 Å². The van der Waals surface area contributed by atoms with Crippen LogP contribution in [0, 0.1) is 12.7 Å². The Bertz CT molecular complexity index is 493. The van der Waals surface area contributed by atoms with E-state index in [1.165, 1.54) is 11.6 Å². The van der Waals surface area contributed by atoms with E-state index in [1.807, 2.05) is 13.0 Å². The lowest BCUT2D eigenvalue weighted by Gasteiger charge is -2.14. The van der Waals surface area contributed by atoms with Gasteiger partial charge in [0.05, 0.1) is 0 Å². The molecule has 0 saturated carbocycles. The molecule has 18 heavy (non-hydrogen) atoms. The van der Waals surface area contributed by atoms with Gasteiger partial charge in [-0.3, -0.25) is 0 Å². The van der Waals surface area contributed by atoms with Gasteiger partial charge in [-0.2, -0.15) is 11.3 Å². The van der Waals surface area contributed by atoms with Gasteiger partial charge in [0.2, 0.25) is 0 Å². The largest absolute Gasteiger partial charge is 0.310 e. The molecule has 1 atom stereocenters. The molecule has 1 aromatic carbocycles. The third-order valence-corrected chi connectivity index (χ3v) is 3.81. The van der Waals surface area contributed by atoms with Crippen molar-refractivity contribution in [2.24, 2.45) is 0 Å². The fourth-order valence-electron chi connectivity index (χ4n) is 1.95. The lowest BCUT2D eigenvalue weighted by molar-refractivity contribution is 0.542. The Kier molecular flexibility index (Phi) is 4.50. The number of benzene rings is 1. The van der Waals surface area contributed by atoms with Crippen LogP contribution in [0.5, 0.6) is 0 Å². The summed E-state index contributed by atoms with van der Waals surface area (Å²) in [7, 11) is 0. The van der Waals surface area contributed by atoms with Crippen LogP contribution in [0.4, 0.5) is 4.39 Å². The van der Waals surface area contributed by atoms with Gasteiger partial charge in [0.1, 0.15) is 5.82 Å². The van der Waals surface area contributed by atoms with Gasteiger partial charge in [0, 0.05) is 12.6 Å². The summed E-state index contributed by atoms with van der Waals surface area (Å²) in [5.41, 5.74) is 3.52. The van der Waals surface area contributed by atoms with Gasteiger partial charge in [-0.1, -0.05) is 6.07 Å². The lowest BCUT2D eigenvalue weighted by Crippen LogP contribution is -2.27. The number of hydrogen-bond donors (Lipinski definition) is 1. The molecule has 0 spiro atoms. The fourth-order valence-corrected chi connectivity index (χ4v) is 2.63. The van der Waals surface area contributed by atoms with Crippen LogP contribution in [0.1, 0.15) is 23.6 Å². The van der Waals surface area contributed by atoms with Crippen molar-refractivity contribution in [1.82, 2.24) is 5.32 Å². The number of hydrogen-bond acceptors (Lipinski definition) is 2. The molecule has 0 amide bonds. The van der Waals surface area contributed by atoms with Crippen molar-refractivity contribution >= 4 is 11.3 Å². The summed E-state index contributed by atoms with van der Waals surface area (Å²) in [5.74, 6) is -0.164. The maximum absolute atomic E-state index is 13.2. The minimum atomic E-state index is -0.164. The third kappa shape index (κ3) is 3.65. The van der Waals surface area contributed by atoms with Crippen LogP contribution in [0.15, 0.2) is 35.0 Å². The van der Waals surface area contributed by atoms with E-state index in [9.17, 15) is 4.39 Å². The van der Waals surface area contributed by atoms with E-state index in [0.29, 0.717) is 6.04 Å². The minimum absolute atomic E-state index is 0.164. The quantitative estimate of drug-likeness (QED) is 0.862. The molecule has 0 saturated heterocycles. The molecule has 3 heteroatoms. The maximum atomic E-state index is 13.2. The second-order valence-corrected chi connectivity index (χ2v) is 5.47. The van der Waals surface area contributed by atoms with Crippen LogP contribution in [0.25, 0.3) is 0 Å². The first-order valence-corrected chi connectivity index (χ1v) is 7.09. The molecule has 0 radical (unpaired) electrons. The lowest BCUT2D eigenvalue weighted by atomic mass is 10.1. The summed E-state index contributed by atoms with van der Waals surface area (Å²) in [5, 5.41) is 7.71. The summed E-state index contributed by atoms with van der Waals surface area (Å²) in [6.45, 7) is 4.89. The first-order valence-electron chi connectivity index (χ1n) is 6.14. The SMILES string of the molecule is Cc1ccc(F)cc1CNC(C)Cc1ccsc1. The number of rotatable bonds is 5. The third-order valence-electron chi connectivity index (χ3n) is 3.07. The van der Waals surface area contributed by atoms with Crippen LogP contribution >= 0.6 is 11.3 Å². The predicted molar refractivity (Wildman–Crippen MR) is 75.5 cm³/mol. The zero-order valence-corrected chi connectivity index (χ0v) is 11.6. The number of thiophene rings is 1. The molecule has 1 N–H and O–H groups in total. The highest BCUT2D eigenvalue weighted by Crippen LogP contribution is 2.12. The molecule has 1 heterocycles. The highest BCUT2D eigenvalue weighted by atomic mass is 32.1. The minimum Gasteiger partial charge on any atom is -0.310 e. The molecule has 1 aromatic heterocycles. The second kappa shape index (κ2) is 6.12. The molecule has 0 aliphatic heterocycles. The zero-order valence-electron chi connectivity index (χ0n) is 10.7. The van der Waals surface area contributed by atoms with Gasteiger partial charge < -0.3 is 5.32 Å². The van der Waals surface area contributed by atoms with Gasteiger partial charge in [-0.15, -0.1) is 0 Å². The second-order valence-electron chi connectivity index (χ2n) is 4.69. The van der Waals surface area contributed by atoms with E-state index in [4.69, 9.17) is 0 Å². The summed E-state index contributed by atoms with van der Waals surface area (Å²) in [6, 6.07) is 7.49. The molecular formula is C15H18FNS. The number of nitrogens with one attached hydrogen (secondary N) is 1. The van der Waals surface area contributed by atoms with Gasteiger partial charge >= 0.3 is 0 Å². The average Bonchev–Trinajstić information content (AvgIpc) is 2.83. The van der Waals surface area contributed by atoms with Crippen LogP contribution in [0.2, 0.25) is 0 Å². The van der Waals surface area contributed by atoms with E-state index < -0.39 is 0 Å². The van der Waals surface area contributed by atoms with E-state index in [2.05, 4.69) is 29.1 Å². The highest BCUT2D eigenvalue weighted by Gasteiger charge is 2.05. The topological polar surface area (TPSA) is 12.0 Å². The Hall–Kier alpha value is -1.19. The van der Waals surface area contributed by atoms with Crippen molar-refractivity contribution in [1.29, 1.82) is 0 Å². The number of halogens is 1. The average molecular weight is 263 g/mol. The van der Waals surface area contributed by atoms with Crippen molar-refractivity contribution in [2.45, 2.75) is 32.9 Å². The molecule has 0 bridgehead atoms. The molecule has 0 aliphatic rings. The maximum Gasteiger partial charge on any atom is 0.123 e. The van der Waals surface area contributed by atoms with Gasteiger partial charge in [-0.25, -0.2) is 4.39 Å². The Labute approximate surface area is 112 Å². The Balaban J connectivity index is 1.89. The molecular weight excluding hydrogens is 245 g/mol. The highest BCUT2D eigenvalue weighted by molar-refractivity contribution is 7.07. The standard InChI is InChI=1S/C15H18FNS/c1-11-3-4-15(16)8-14(11)9-17-12(2)7-13-5-6-18-10-13/h3-6,8,10,12,17H,7,9H2,1-2H3. The van der Waals surface area contributed by atoms with Gasteiger partial charge in [0.15, 0.2) is 0 Å². The summed E-state index contributed by atoms with van der Waals surface area (Å²) < 4.78 is 13.2. The van der Waals surface area contributed by atoms with Crippen molar-refractivity contribution < 1.29 is 4.39 Å². The molecule has 2 aromatic rings. The normalized spacial score (nSPS) is 12.6. The molecule has 1 nitrogen and oxygen atoms in total. The Morgan fingerprint density at radius 2 is 2.17 bits per heavy atom. The van der Waals surface area contributed by atoms with Crippen molar-refractivity contribution in [3.8, 4) is 0 Å². The molecule has 2 rings (SSSR count). The molecule has 0 fully saturated rings. The predicted octanol–water partition coefficient (Wildman–Crippen LogP) is 3.92. The van der Waals surface area contributed by atoms with E-state index in [1.54, 1.807) is 17.4 Å². The first kappa shape index (κ1) is 13.2. The van der Waals surface area contributed by atoms with Crippen LogP contribution in [-0.2, 0) is 13.0 Å². The monoisotopic (exact) mass is 263 g/mol. The molecule has 1 unspecified atom stereocenters. The first-order chi connectivity index (χ1) is 8.65. The zero-order chi connectivity index (χ0) is 13.0. The smallest absolute Gasteiger partial charge is 0.123 e. The van der Waals surface area contributed by atoms with Crippen molar-refractivity contribution in [3.63, 3.8) is 0 Å². The molecule has 0 aliphatic carbocycles. The van der Waals surface area contributed by atoms with Gasteiger partial charge in [0.25, 0.3) is 0 Å². The Morgan fingerprint density at radius 3 is 2.89 bits per heavy atom. The van der Waals surface area contributed by atoms with Crippen LogP contribution in [-0.4, -0.2) is 6.04 Å². The van der Waals surface area contributed by atoms with E-state index in [-0.39, 0.29) is 5.82 Å². The van der Waals surface area contributed by atoms with E-state index >= 15 is 0 Å².